The summed E-state index contributed by atoms with van der Waals surface area (Å²) < 4.78 is 42.3. The van der Waals surface area contributed by atoms with E-state index in [0.29, 0.717) is 23.7 Å². The zero-order valence-electron chi connectivity index (χ0n) is 32.9. The van der Waals surface area contributed by atoms with Crippen molar-refractivity contribution in [2.45, 2.75) is 50.0 Å². The molecule has 10 rings (SSSR count). The molecule has 10 atom stereocenters. The second-order valence-electron chi connectivity index (χ2n) is 14.4. The van der Waals surface area contributed by atoms with Crippen LogP contribution in [0.25, 0.3) is 21.8 Å². The molecule has 2 unspecified atom stereocenters. The predicted octanol–water partition coefficient (Wildman–Crippen LogP) is 5.54. The SMILES string of the molecule is C=C[C@H]1CN2CC[C@H]1C[C@H]2[C@H](O)c1ccnc2ccc(OC)cc12.C=C[C@H]1CN2CC[C@H]1C[C@H]2[C@H](O)c1ccnc2ccc(OC)cc12.O=S(=O)(O)O.[Ca+2].[H-].[H-]. The van der Waals surface area contributed by atoms with Gasteiger partial charge in [-0.25, -0.2) is 0 Å². The van der Waals surface area contributed by atoms with E-state index in [9.17, 15) is 10.2 Å². The number of benzene rings is 2. The maximum atomic E-state index is 11.2. The van der Waals surface area contributed by atoms with E-state index >= 15 is 0 Å². The van der Waals surface area contributed by atoms with Crippen molar-refractivity contribution in [2.24, 2.45) is 23.7 Å². The maximum Gasteiger partial charge on any atom is 2.00 e. The number of aromatic nitrogens is 2. The molecule has 8 heterocycles. The van der Waals surface area contributed by atoms with E-state index in [0.717, 1.165) is 83.5 Å². The van der Waals surface area contributed by atoms with E-state index in [1.807, 2.05) is 48.5 Å². The van der Waals surface area contributed by atoms with Crippen molar-refractivity contribution in [1.82, 2.24) is 19.8 Å². The minimum absolute atomic E-state index is 0. The molecule has 12 nitrogen and oxygen atoms in total. The molecule has 0 aliphatic carbocycles. The molecule has 6 aliphatic heterocycles. The first kappa shape index (κ1) is 42.5. The first-order valence-corrected chi connectivity index (χ1v) is 19.5. The van der Waals surface area contributed by atoms with Crippen LogP contribution >= 0.6 is 0 Å². The summed E-state index contributed by atoms with van der Waals surface area (Å²) in [5.74, 6) is 4.01. The van der Waals surface area contributed by atoms with Gasteiger partial charge in [-0.15, -0.1) is 13.2 Å². The van der Waals surface area contributed by atoms with Crippen molar-refractivity contribution in [3.05, 3.63) is 97.4 Å². The Balaban J connectivity index is 0.000000256. The smallest absolute Gasteiger partial charge is 1.00 e. The van der Waals surface area contributed by atoms with Crippen LogP contribution in [-0.4, -0.2) is 138 Å². The van der Waals surface area contributed by atoms with E-state index in [1.165, 1.54) is 12.8 Å². The normalized spacial score (nSPS) is 28.0. The number of hydrogen-bond donors (Lipinski definition) is 4. The molecule has 0 spiro atoms. The van der Waals surface area contributed by atoms with E-state index < -0.39 is 22.6 Å². The standard InChI is InChI=1S/2C20H24N2O2.Ca.H2O4S.2H/c2*1-3-13-12-22-9-7-14(13)10-19(22)20(23)16-6-8-21-18-5-4-15(24-2)11-17(16)18;;1-5(2,3)4;;/h2*3-6,8,11,13-14,19-20,23H,1,7,9-10,12H2,2H3;;(H2,1,2,3,4);;/q;;+2;;2*-1/t2*13-,14-,19-,20+;;;;/m00..../s1. The first-order valence-electron chi connectivity index (χ1n) is 18.1. The molecule has 14 heteroatoms. The Labute approximate surface area is 350 Å². The Morgan fingerprint density at radius 1 is 0.759 bits per heavy atom. The number of piperidine rings is 6. The van der Waals surface area contributed by atoms with Crippen molar-refractivity contribution in [1.29, 1.82) is 0 Å². The molecule has 0 amide bonds. The minimum atomic E-state index is -4.67. The molecule has 2 aromatic carbocycles. The summed E-state index contributed by atoms with van der Waals surface area (Å²) in [5.41, 5.74) is 3.69. The summed E-state index contributed by atoms with van der Waals surface area (Å²) in [6, 6.07) is 15.9. The fourth-order valence-corrected chi connectivity index (χ4v) is 8.89. The zero-order chi connectivity index (χ0) is 37.9. The molecule has 6 aliphatic rings. The number of ether oxygens (including phenoxy) is 2. The zero-order valence-corrected chi connectivity index (χ0v) is 34.0. The quantitative estimate of drug-likeness (QED) is 0.100. The Hall–Kier alpha value is -2.69. The van der Waals surface area contributed by atoms with Crippen LogP contribution in [-0.2, 0) is 10.4 Å². The van der Waals surface area contributed by atoms with Gasteiger partial charge in [0.1, 0.15) is 11.5 Å². The molecule has 4 aromatic rings. The third-order valence-corrected chi connectivity index (χ3v) is 11.6. The predicted molar refractivity (Wildman–Crippen MR) is 212 cm³/mol. The van der Waals surface area contributed by atoms with Gasteiger partial charge in [0.2, 0.25) is 0 Å². The number of methoxy groups -OCH3 is 2. The molecule has 0 saturated carbocycles. The van der Waals surface area contributed by atoms with Crippen molar-refractivity contribution >= 4 is 69.9 Å². The molecular weight excluding hydrogens is 737 g/mol. The summed E-state index contributed by atoms with van der Waals surface area (Å²) in [4.78, 5) is 13.7. The van der Waals surface area contributed by atoms with E-state index in [1.54, 1.807) is 26.6 Å². The van der Waals surface area contributed by atoms with E-state index in [2.05, 4.69) is 45.1 Å². The van der Waals surface area contributed by atoms with Gasteiger partial charge in [0, 0.05) is 48.3 Å². The molecule has 0 radical (unpaired) electrons. The van der Waals surface area contributed by atoms with Crippen LogP contribution in [0.4, 0.5) is 0 Å². The summed E-state index contributed by atoms with van der Waals surface area (Å²) in [6.45, 7) is 12.1. The van der Waals surface area contributed by atoms with Crippen molar-refractivity contribution in [2.75, 3.05) is 40.4 Å². The summed E-state index contributed by atoms with van der Waals surface area (Å²) in [6.07, 6.45) is 11.2. The van der Waals surface area contributed by atoms with Gasteiger partial charge in [0.15, 0.2) is 0 Å². The van der Waals surface area contributed by atoms with Crippen LogP contribution in [0.2, 0.25) is 0 Å². The Bertz CT molecular complexity index is 1910. The molecule has 288 valence electrons. The van der Waals surface area contributed by atoms with Crippen molar-refractivity contribution in [3.63, 3.8) is 0 Å². The van der Waals surface area contributed by atoms with Crippen LogP contribution < -0.4 is 9.47 Å². The van der Waals surface area contributed by atoms with Crippen LogP contribution in [0.1, 0.15) is 51.9 Å². The second-order valence-corrected chi connectivity index (χ2v) is 15.3. The van der Waals surface area contributed by atoms with Crippen LogP contribution in [0.3, 0.4) is 0 Å². The fraction of sp³-hybridized carbons (Fsp3) is 0.450. The fourth-order valence-electron chi connectivity index (χ4n) is 8.89. The molecule has 6 saturated heterocycles. The van der Waals surface area contributed by atoms with Crippen molar-refractivity contribution < 1.29 is 40.1 Å². The number of pyridine rings is 2. The largest absolute Gasteiger partial charge is 2.00 e. The molecular formula is C40H52CaN4O8S. The molecule has 2 aromatic heterocycles. The maximum absolute atomic E-state index is 11.2. The van der Waals surface area contributed by atoms with E-state index in [-0.39, 0.29) is 52.7 Å². The monoisotopic (exact) mass is 788 g/mol. The van der Waals surface area contributed by atoms with Gasteiger partial charge in [-0.05, 0) is 122 Å². The number of fused-ring (bicyclic) bond motifs is 8. The minimum Gasteiger partial charge on any atom is -1.00 e. The number of aliphatic hydroxyl groups is 2. The summed E-state index contributed by atoms with van der Waals surface area (Å²) in [5, 5.41) is 24.3. The van der Waals surface area contributed by atoms with Gasteiger partial charge < -0.3 is 22.5 Å². The molecule has 4 bridgehead atoms. The Morgan fingerprint density at radius 3 is 1.46 bits per heavy atom. The van der Waals surface area contributed by atoms with Crippen molar-refractivity contribution in [3.8, 4) is 11.5 Å². The summed E-state index contributed by atoms with van der Waals surface area (Å²) >= 11 is 0. The third-order valence-electron chi connectivity index (χ3n) is 11.6. The summed E-state index contributed by atoms with van der Waals surface area (Å²) in [7, 11) is -1.34. The van der Waals surface area contributed by atoms with E-state index in [4.69, 9.17) is 27.0 Å². The van der Waals surface area contributed by atoms with Crippen LogP contribution in [0.15, 0.2) is 86.2 Å². The third kappa shape index (κ3) is 9.63. The molecule has 6 fully saturated rings. The first-order chi connectivity index (χ1) is 25.4. The van der Waals surface area contributed by atoms with Gasteiger partial charge in [-0.1, -0.05) is 12.2 Å². The molecule has 4 N–H and O–H groups in total. The van der Waals surface area contributed by atoms with Gasteiger partial charge in [-0.3, -0.25) is 28.9 Å². The van der Waals surface area contributed by atoms with Gasteiger partial charge >= 0.3 is 48.1 Å². The number of hydrogen-bond acceptors (Lipinski definition) is 10. The average Bonchev–Trinajstić information content (AvgIpc) is 3.19. The van der Waals surface area contributed by atoms with Crippen LogP contribution in [0, 0.1) is 23.7 Å². The van der Waals surface area contributed by atoms with Gasteiger partial charge in [0.25, 0.3) is 0 Å². The topological polar surface area (TPSA) is 166 Å². The Morgan fingerprint density at radius 2 is 1.15 bits per heavy atom. The Kier molecular flexibility index (Phi) is 14.5. The number of nitrogens with zero attached hydrogens (tertiary/aromatic N) is 4. The molecule has 54 heavy (non-hydrogen) atoms. The number of rotatable bonds is 8. The van der Waals surface area contributed by atoms with Gasteiger partial charge in [-0.2, -0.15) is 8.42 Å². The van der Waals surface area contributed by atoms with Gasteiger partial charge in [0.05, 0.1) is 37.5 Å². The second kappa shape index (κ2) is 18.5. The average molecular weight is 789 g/mol. The van der Waals surface area contributed by atoms with Crippen LogP contribution in [0.5, 0.6) is 11.5 Å². The number of aliphatic hydroxyl groups excluding tert-OH is 2.